The smallest absolute Gasteiger partial charge is 0.251 e. The molecule has 0 bridgehead atoms. The highest BCUT2D eigenvalue weighted by molar-refractivity contribution is 5.96. The first kappa shape index (κ1) is 20.9. The van der Waals surface area contributed by atoms with E-state index in [4.69, 9.17) is 4.74 Å². The Bertz CT molecular complexity index is 785. The fourth-order valence-corrected chi connectivity index (χ4v) is 3.51. The number of nitrogens with zero attached hydrogens (tertiary/aromatic N) is 1. The van der Waals surface area contributed by atoms with E-state index in [2.05, 4.69) is 27.7 Å². The summed E-state index contributed by atoms with van der Waals surface area (Å²) in [6.07, 6.45) is 2.12. The highest BCUT2D eigenvalue weighted by atomic mass is 16.5. The summed E-state index contributed by atoms with van der Waals surface area (Å²) in [6.45, 7) is 3.66. The maximum atomic E-state index is 12.0. The highest BCUT2D eigenvalue weighted by Crippen LogP contribution is 2.19. The topological polar surface area (TPSA) is 70.7 Å². The molecule has 0 saturated carbocycles. The lowest BCUT2D eigenvalue weighted by Crippen LogP contribution is -2.41. The number of nitrogens with one attached hydrogen (secondary N) is 2. The average molecular weight is 396 g/mol. The molecule has 1 aliphatic rings. The standard InChI is InChI=1S/C23H29N3O3/c1-29-21-9-7-19(8-10-21)17-26-13-11-18(12-14-26)15-24-22(27)16-25-23(28)20-5-3-2-4-6-20/h2-10,18H,11-17H2,1H3,(H,24,27)(H,25,28). The number of piperidine rings is 1. The number of carbonyl (C=O) groups is 2. The zero-order valence-electron chi connectivity index (χ0n) is 16.9. The molecule has 6 heteroatoms. The predicted molar refractivity (Wildman–Crippen MR) is 113 cm³/mol. The quantitative estimate of drug-likeness (QED) is 0.720. The van der Waals surface area contributed by atoms with Gasteiger partial charge in [-0.3, -0.25) is 14.5 Å². The van der Waals surface area contributed by atoms with Crippen LogP contribution in [0.25, 0.3) is 0 Å². The van der Waals surface area contributed by atoms with Gasteiger partial charge in [0.15, 0.2) is 0 Å². The normalized spacial score (nSPS) is 14.9. The summed E-state index contributed by atoms with van der Waals surface area (Å²) in [5.74, 6) is 0.988. The maximum absolute atomic E-state index is 12.0. The molecule has 0 atom stereocenters. The van der Waals surface area contributed by atoms with Crippen molar-refractivity contribution < 1.29 is 14.3 Å². The Hall–Kier alpha value is -2.86. The summed E-state index contributed by atoms with van der Waals surface area (Å²) in [6, 6.07) is 17.1. The van der Waals surface area contributed by atoms with Crippen LogP contribution in [0, 0.1) is 5.92 Å². The fourth-order valence-electron chi connectivity index (χ4n) is 3.51. The minimum absolute atomic E-state index is 0.00401. The van der Waals surface area contributed by atoms with Crippen molar-refractivity contribution in [3.63, 3.8) is 0 Å². The molecule has 3 rings (SSSR count). The number of hydrogen-bond acceptors (Lipinski definition) is 4. The van der Waals surface area contributed by atoms with E-state index in [1.54, 1.807) is 31.4 Å². The fraction of sp³-hybridized carbons (Fsp3) is 0.391. The monoisotopic (exact) mass is 395 g/mol. The number of amides is 2. The number of likely N-dealkylation sites (tertiary alicyclic amines) is 1. The van der Waals surface area contributed by atoms with Crippen molar-refractivity contribution in [1.82, 2.24) is 15.5 Å². The third-order valence-corrected chi connectivity index (χ3v) is 5.31. The van der Waals surface area contributed by atoms with Crippen molar-refractivity contribution in [1.29, 1.82) is 0 Å². The van der Waals surface area contributed by atoms with Crippen molar-refractivity contribution in [3.8, 4) is 5.75 Å². The molecule has 0 radical (unpaired) electrons. The van der Waals surface area contributed by atoms with Gasteiger partial charge in [0, 0.05) is 18.7 Å². The van der Waals surface area contributed by atoms with Crippen LogP contribution in [0.3, 0.4) is 0 Å². The summed E-state index contributed by atoms with van der Waals surface area (Å²) < 4.78 is 5.20. The van der Waals surface area contributed by atoms with Crippen molar-refractivity contribution >= 4 is 11.8 Å². The highest BCUT2D eigenvalue weighted by Gasteiger charge is 2.20. The largest absolute Gasteiger partial charge is 0.497 e. The molecule has 154 valence electrons. The van der Waals surface area contributed by atoms with Crippen LogP contribution in [0.15, 0.2) is 54.6 Å². The van der Waals surface area contributed by atoms with Gasteiger partial charge in [0.05, 0.1) is 13.7 Å². The van der Waals surface area contributed by atoms with Gasteiger partial charge in [-0.2, -0.15) is 0 Å². The number of benzene rings is 2. The third kappa shape index (κ3) is 6.61. The molecule has 2 aromatic carbocycles. The van der Waals surface area contributed by atoms with Crippen LogP contribution in [-0.4, -0.2) is 50.0 Å². The van der Waals surface area contributed by atoms with Crippen LogP contribution in [0.1, 0.15) is 28.8 Å². The summed E-state index contributed by atoms with van der Waals surface area (Å²) in [7, 11) is 1.68. The molecule has 6 nitrogen and oxygen atoms in total. The van der Waals surface area contributed by atoms with Crippen LogP contribution < -0.4 is 15.4 Å². The molecular formula is C23H29N3O3. The summed E-state index contributed by atoms with van der Waals surface area (Å²) in [4.78, 5) is 26.5. The van der Waals surface area contributed by atoms with Gasteiger partial charge in [0.1, 0.15) is 5.75 Å². The minimum atomic E-state index is -0.229. The van der Waals surface area contributed by atoms with Crippen LogP contribution in [0.2, 0.25) is 0 Å². The van der Waals surface area contributed by atoms with E-state index in [0.717, 1.165) is 38.2 Å². The van der Waals surface area contributed by atoms with Gasteiger partial charge in [0.2, 0.25) is 5.91 Å². The predicted octanol–water partition coefficient (Wildman–Crippen LogP) is 2.45. The Morgan fingerprint density at radius 3 is 2.34 bits per heavy atom. The minimum Gasteiger partial charge on any atom is -0.497 e. The van der Waals surface area contributed by atoms with Crippen LogP contribution in [0.4, 0.5) is 0 Å². The Balaban J connectivity index is 1.32. The van der Waals surface area contributed by atoms with Crippen molar-refractivity contribution in [2.75, 3.05) is 33.3 Å². The maximum Gasteiger partial charge on any atom is 0.251 e. The van der Waals surface area contributed by atoms with Gasteiger partial charge < -0.3 is 15.4 Å². The van der Waals surface area contributed by atoms with E-state index in [0.29, 0.717) is 18.0 Å². The van der Waals surface area contributed by atoms with Crippen molar-refractivity contribution in [3.05, 3.63) is 65.7 Å². The van der Waals surface area contributed by atoms with Gasteiger partial charge in [-0.15, -0.1) is 0 Å². The lowest BCUT2D eigenvalue weighted by atomic mass is 9.96. The zero-order chi connectivity index (χ0) is 20.5. The Morgan fingerprint density at radius 2 is 1.69 bits per heavy atom. The molecule has 1 heterocycles. The van der Waals surface area contributed by atoms with Crippen LogP contribution >= 0.6 is 0 Å². The molecule has 2 aromatic rings. The number of methoxy groups -OCH3 is 1. The molecule has 2 amide bonds. The number of rotatable bonds is 8. The van der Waals surface area contributed by atoms with E-state index in [-0.39, 0.29) is 18.4 Å². The van der Waals surface area contributed by atoms with Gasteiger partial charge in [0.25, 0.3) is 5.91 Å². The molecule has 29 heavy (non-hydrogen) atoms. The van der Waals surface area contributed by atoms with E-state index in [1.165, 1.54) is 5.56 Å². The van der Waals surface area contributed by atoms with Gasteiger partial charge in [-0.25, -0.2) is 0 Å². The molecule has 0 aromatic heterocycles. The first-order chi connectivity index (χ1) is 14.1. The summed E-state index contributed by atoms with van der Waals surface area (Å²) in [5, 5.41) is 5.61. The van der Waals surface area contributed by atoms with E-state index in [1.807, 2.05) is 18.2 Å². The average Bonchev–Trinajstić information content (AvgIpc) is 2.78. The van der Waals surface area contributed by atoms with Crippen molar-refractivity contribution in [2.24, 2.45) is 5.92 Å². The summed E-state index contributed by atoms with van der Waals surface area (Å²) >= 11 is 0. The van der Waals surface area contributed by atoms with Crippen LogP contribution in [-0.2, 0) is 11.3 Å². The number of ether oxygens (including phenoxy) is 1. The van der Waals surface area contributed by atoms with E-state index in [9.17, 15) is 9.59 Å². The van der Waals surface area contributed by atoms with E-state index >= 15 is 0 Å². The molecule has 0 spiro atoms. The molecule has 2 N–H and O–H groups in total. The molecule has 1 aliphatic heterocycles. The second-order valence-corrected chi connectivity index (χ2v) is 7.42. The lowest BCUT2D eigenvalue weighted by molar-refractivity contribution is -0.120. The Labute approximate surface area is 172 Å². The van der Waals surface area contributed by atoms with Gasteiger partial charge in [-0.1, -0.05) is 30.3 Å². The molecule has 1 fully saturated rings. The second-order valence-electron chi connectivity index (χ2n) is 7.42. The third-order valence-electron chi connectivity index (χ3n) is 5.31. The Morgan fingerprint density at radius 1 is 1.00 bits per heavy atom. The molecule has 0 unspecified atom stereocenters. The first-order valence-corrected chi connectivity index (χ1v) is 10.1. The number of hydrogen-bond donors (Lipinski definition) is 2. The second kappa shape index (κ2) is 10.6. The van der Waals surface area contributed by atoms with Gasteiger partial charge >= 0.3 is 0 Å². The SMILES string of the molecule is COc1ccc(CN2CCC(CNC(=O)CNC(=O)c3ccccc3)CC2)cc1. The lowest BCUT2D eigenvalue weighted by Gasteiger charge is -2.32. The summed E-state index contributed by atoms with van der Waals surface area (Å²) in [5.41, 5.74) is 1.84. The zero-order valence-corrected chi connectivity index (χ0v) is 16.9. The molecule has 1 saturated heterocycles. The van der Waals surface area contributed by atoms with Crippen molar-refractivity contribution in [2.45, 2.75) is 19.4 Å². The molecule has 0 aliphatic carbocycles. The van der Waals surface area contributed by atoms with Crippen LogP contribution in [0.5, 0.6) is 5.75 Å². The van der Waals surface area contributed by atoms with Gasteiger partial charge in [-0.05, 0) is 61.7 Å². The Kier molecular flexibility index (Phi) is 7.64. The van der Waals surface area contributed by atoms with E-state index < -0.39 is 0 Å². The first-order valence-electron chi connectivity index (χ1n) is 10.1. The number of carbonyl (C=O) groups excluding carboxylic acids is 2. The molecular weight excluding hydrogens is 366 g/mol.